The Morgan fingerprint density at radius 2 is 1.54 bits per heavy atom. The highest BCUT2D eigenvalue weighted by Crippen LogP contribution is 2.38. The Hall–Kier alpha value is -2.95. The van der Waals surface area contributed by atoms with Crippen LogP contribution in [0, 0.1) is 0 Å². The largest absolute Gasteiger partial charge is 0.493 e. The van der Waals surface area contributed by atoms with Gasteiger partial charge in [-0.1, -0.05) is 0 Å². The number of ether oxygens (including phenoxy) is 3. The lowest BCUT2D eigenvalue weighted by Crippen LogP contribution is -2.04. The molecule has 0 fully saturated rings. The molecule has 0 saturated carbocycles. The summed E-state index contributed by atoms with van der Waals surface area (Å²) in [5, 5.41) is 1.02. The first-order chi connectivity index (χ1) is 11.6. The van der Waals surface area contributed by atoms with Crippen LogP contribution < -0.4 is 14.2 Å². The van der Waals surface area contributed by atoms with E-state index >= 15 is 0 Å². The lowest BCUT2D eigenvalue weighted by Gasteiger charge is -2.13. The summed E-state index contributed by atoms with van der Waals surface area (Å²) in [5.74, 6) is 1.29. The molecule has 1 heterocycles. The van der Waals surface area contributed by atoms with E-state index < -0.39 is 0 Å². The van der Waals surface area contributed by atoms with Gasteiger partial charge in [0.1, 0.15) is 0 Å². The molecule has 0 atom stereocenters. The molecule has 1 aromatic heterocycles. The number of ketones is 1. The van der Waals surface area contributed by atoms with E-state index in [-0.39, 0.29) is 5.78 Å². The standard InChI is InChI=1S/C19H19NO4/c1-20-8-7-12-9-13(5-6-15(12)20)18(21)14-10-16(22-2)19(24-4)17(11-14)23-3/h5-11H,1-4H3. The van der Waals surface area contributed by atoms with Gasteiger partial charge in [-0.3, -0.25) is 4.79 Å². The molecule has 0 aliphatic rings. The molecule has 0 radical (unpaired) electrons. The highest BCUT2D eigenvalue weighted by atomic mass is 16.5. The average Bonchev–Trinajstić information content (AvgIpc) is 3.00. The number of carbonyl (C=O) groups is 1. The van der Waals surface area contributed by atoms with Crippen molar-refractivity contribution in [2.45, 2.75) is 0 Å². The number of hydrogen-bond acceptors (Lipinski definition) is 4. The van der Waals surface area contributed by atoms with Crippen molar-refractivity contribution in [3.63, 3.8) is 0 Å². The molecule has 0 bridgehead atoms. The van der Waals surface area contributed by atoms with Crippen LogP contribution in [0.3, 0.4) is 0 Å². The van der Waals surface area contributed by atoms with Crippen LogP contribution in [-0.2, 0) is 7.05 Å². The van der Waals surface area contributed by atoms with Gasteiger partial charge in [-0.15, -0.1) is 0 Å². The Morgan fingerprint density at radius 3 is 2.12 bits per heavy atom. The van der Waals surface area contributed by atoms with E-state index in [1.54, 1.807) is 12.1 Å². The van der Waals surface area contributed by atoms with Crippen LogP contribution in [0.1, 0.15) is 15.9 Å². The van der Waals surface area contributed by atoms with Gasteiger partial charge in [0.25, 0.3) is 0 Å². The fourth-order valence-electron chi connectivity index (χ4n) is 2.80. The number of methoxy groups -OCH3 is 3. The van der Waals surface area contributed by atoms with E-state index in [1.165, 1.54) is 21.3 Å². The maximum Gasteiger partial charge on any atom is 0.203 e. The SMILES string of the molecule is COc1cc(C(=O)c2ccc3c(ccn3C)c2)cc(OC)c1OC. The topological polar surface area (TPSA) is 49.7 Å². The highest BCUT2D eigenvalue weighted by Gasteiger charge is 2.18. The first kappa shape index (κ1) is 15.9. The van der Waals surface area contributed by atoms with Crippen LogP contribution in [0.2, 0.25) is 0 Å². The van der Waals surface area contributed by atoms with Gasteiger partial charge in [0.2, 0.25) is 5.75 Å². The molecular formula is C19H19NO4. The van der Waals surface area contributed by atoms with Crippen LogP contribution in [0.4, 0.5) is 0 Å². The van der Waals surface area contributed by atoms with Crippen LogP contribution in [0.5, 0.6) is 17.2 Å². The van der Waals surface area contributed by atoms with Gasteiger partial charge < -0.3 is 18.8 Å². The lowest BCUT2D eigenvalue weighted by atomic mass is 10.0. The zero-order valence-corrected chi connectivity index (χ0v) is 14.1. The lowest BCUT2D eigenvalue weighted by molar-refractivity contribution is 0.103. The third-order valence-electron chi connectivity index (χ3n) is 4.07. The number of aromatic nitrogens is 1. The molecule has 0 spiro atoms. The summed E-state index contributed by atoms with van der Waals surface area (Å²) < 4.78 is 17.9. The predicted octanol–water partition coefficient (Wildman–Crippen LogP) is 3.44. The van der Waals surface area contributed by atoms with Crippen LogP contribution >= 0.6 is 0 Å². The monoisotopic (exact) mass is 325 g/mol. The van der Waals surface area contributed by atoms with Gasteiger partial charge in [0.05, 0.1) is 21.3 Å². The quantitative estimate of drug-likeness (QED) is 0.674. The minimum atomic E-state index is -0.0972. The molecule has 2 aromatic carbocycles. The molecule has 5 nitrogen and oxygen atoms in total. The van der Waals surface area contributed by atoms with Crippen molar-refractivity contribution in [2.24, 2.45) is 7.05 Å². The fourth-order valence-corrected chi connectivity index (χ4v) is 2.80. The summed E-state index contributed by atoms with van der Waals surface area (Å²) >= 11 is 0. The van der Waals surface area contributed by atoms with Gasteiger partial charge in [0.15, 0.2) is 17.3 Å². The van der Waals surface area contributed by atoms with Gasteiger partial charge in [-0.25, -0.2) is 0 Å². The summed E-state index contributed by atoms with van der Waals surface area (Å²) in [6.45, 7) is 0. The molecule has 0 amide bonds. The van der Waals surface area contributed by atoms with E-state index in [0.717, 1.165) is 10.9 Å². The van der Waals surface area contributed by atoms with E-state index in [2.05, 4.69) is 0 Å². The highest BCUT2D eigenvalue weighted by molar-refractivity contribution is 6.11. The molecule has 0 aliphatic heterocycles. The Balaban J connectivity index is 2.07. The Bertz CT molecular complexity index is 886. The molecule has 3 rings (SSSR count). The van der Waals surface area contributed by atoms with Crippen LogP contribution in [0.25, 0.3) is 10.9 Å². The molecule has 0 unspecified atom stereocenters. The summed E-state index contributed by atoms with van der Waals surface area (Å²) in [7, 11) is 6.57. The zero-order chi connectivity index (χ0) is 17.3. The van der Waals surface area contributed by atoms with Crippen LogP contribution in [-0.4, -0.2) is 31.7 Å². The van der Waals surface area contributed by atoms with Gasteiger partial charge in [-0.05, 0) is 36.4 Å². The first-order valence-corrected chi connectivity index (χ1v) is 7.49. The molecule has 24 heavy (non-hydrogen) atoms. The first-order valence-electron chi connectivity index (χ1n) is 7.49. The van der Waals surface area contributed by atoms with Crippen molar-refractivity contribution in [3.05, 3.63) is 53.7 Å². The third kappa shape index (κ3) is 2.58. The molecule has 5 heteroatoms. The minimum absolute atomic E-state index is 0.0972. The number of carbonyl (C=O) groups excluding carboxylic acids is 1. The minimum Gasteiger partial charge on any atom is -0.493 e. The molecule has 0 aliphatic carbocycles. The van der Waals surface area contributed by atoms with Crippen molar-refractivity contribution < 1.29 is 19.0 Å². The van der Waals surface area contributed by atoms with E-state index in [0.29, 0.717) is 28.4 Å². The Labute approximate surface area is 140 Å². The summed E-state index contributed by atoms with van der Waals surface area (Å²) in [6.07, 6.45) is 1.97. The normalized spacial score (nSPS) is 10.7. The smallest absolute Gasteiger partial charge is 0.203 e. The number of benzene rings is 2. The fraction of sp³-hybridized carbons (Fsp3) is 0.211. The molecular weight excluding hydrogens is 306 g/mol. The van der Waals surface area contributed by atoms with Crippen molar-refractivity contribution in [3.8, 4) is 17.2 Å². The van der Waals surface area contributed by atoms with Crippen molar-refractivity contribution in [1.29, 1.82) is 0 Å². The third-order valence-corrected chi connectivity index (χ3v) is 4.07. The van der Waals surface area contributed by atoms with Crippen molar-refractivity contribution in [1.82, 2.24) is 4.57 Å². The van der Waals surface area contributed by atoms with Gasteiger partial charge in [0, 0.05) is 35.3 Å². The second kappa shape index (κ2) is 6.28. The summed E-state index contributed by atoms with van der Waals surface area (Å²) in [4.78, 5) is 12.9. The number of hydrogen-bond donors (Lipinski definition) is 0. The van der Waals surface area contributed by atoms with E-state index in [4.69, 9.17) is 14.2 Å². The van der Waals surface area contributed by atoms with Crippen molar-refractivity contribution in [2.75, 3.05) is 21.3 Å². The number of aryl methyl sites for hydroxylation is 1. The second-order valence-corrected chi connectivity index (χ2v) is 5.44. The maximum absolute atomic E-state index is 12.9. The van der Waals surface area contributed by atoms with Gasteiger partial charge >= 0.3 is 0 Å². The number of fused-ring (bicyclic) bond motifs is 1. The number of nitrogens with zero attached hydrogens (tertiary/aromatic N) is 1. The zero-order valence-electron chi connectivity index (χ0n) is 14.1. The van der Waals surface area contributed by atoms with Gasteiger partial charge in [-0.2, -0.15) is 0 Å². The van der Waals surface area contributed by atoms with Crippen LogP contribution in [0.15, 0.2) is 42.6 Å². The molecule has 3 aromatic rings. The van der Waals surface area contributed by atoms with Crippen molar-refractivity contribution >= 4 is 16.7 Å². The summed E-state index contributed by atoms with van der Waals surface area (Å²) in [6, 6.07) is 11.0. The number of rotatable bonds is 5. The maximum atomic E-state index is 12.9. The summed E-state index contributed by atoms with van der Waals surface area (Å²) in [5.41, 5.74) is 2.18. The van der Waals surface area contributed by atoms with E-state index in [1.807, 2.05) is 42.1 Å². The molecule has 124 valence electrons. The molecule has 0 saturated heterocycles. The van der Waals surface area contributed by atoms with E-state index in [9.17, 15) is 4.79 Å². The second-order valence-electron chi connectivity index (χ2n) is 5.44. The Morgan fingerprint density at radius 1 is 0.875 bits per heavy atom. The predicted molar refractivity (Wildman–Crippen MR) is 92.4 cm³/mol. The Kier molecular flexibility index (Phi) is 4.16. The molecule has 0 N–H and O–H groups in total. The average molecular weight is 325 g/mol.